The summed E-state index contributed by atoms with van der Waals surface area (Å²) in [4.78, 5) is 0. The number of thioether (sulfide) groups is 3. The van der Waals surface area contributed by atoms with Crippen LogP contribution in [-0.4, -0.2) is 28.0 Å². The smallest absolute Gasteiger partial charge is 0.264 e. The molecule has 1 aromatic carbocycles. The Hall–Kier alpha value is -0.280. The Morgan fingerprint density at radius 1 is 1.24 bits per heavy atom. The number of hydrogen-bond donors (Lipinski definition) is 2. The fourth-order valence-corrected chi connectivity index (χ4v) is 6.30. The predicted molar refractivity (Wildman–Crippen MR) is 93.8 cm³/mol. The second-order valence-electron chi connectivity index (χ2n) is 4.38. The lowest BCUT2D eigenvalue weighted by molar-refractivity contribution is 0.482. The molecule has 1 unspecified atom stereocenters. The molecule has 0 aliphatic carbocycles. The van der Waals surface area contributed by atoms with Crippen molar-refractivity contribution in [2.45, 2.75) is 15.7 Å². The molecule has 21 heavy (non-hydrogen) atoms. The van der Waals surface area contributed by atoms with Crippen molar-refractivity contribution >= 4 is 45.4 Å². The number of benzene rings is 1. The van der Waals surface area contributed by atoms with Gasteiger partial charge >= 0.3 is 0 Å². The second-order valence-corrected chi connectivity index (χ2v) is 10.4. The Morgan fingerprint density at radius 3 is 2.62 bits per heavy atom. The zero-order chi connectivity index (χ0) is 15.2. The molecule has 0 radical (unpaired) electrons. The van der Waals surface area contributed by atoms with Crippen LogP contribution in [0.4, 0.5) is 0 Å². The molecule has 1 heterocycles. The third-order valence-corrected chi connectivity index (χ3v) is 8.12. The lowest BCUT2D eigenvalue weighted by atomic mass is 10.2. The highest BCUT2D eigenvalue weighted by atomic mass is 32.3. The molecule has 0 saturated carbocycles. The van der Waals surface area contributed by atoms with Crippen LogP contribution in [-0.2, 0) is 15.9 Å². The molecule has 0 amide bonds. The van der Waals surface area contributed by atoms with Crippen molar-refractivity contribution in [2.24, 2.45) is 0 Å². The molecule has 1 aliphatic rings. The van der Waals surface area contributed by atoms with Crippen LogP contribution in [0.1, 0.15) is 12.0 Å². The maximum absolute atomic E-state index is 10.7. The molecule has 116 valence electrons. The predicted octanol–water partition coefficient (Wildman–Crippen LogP) is 3.35. The van der Waals surface area contributed by atoms with E-state index in [4.69, 9.17) is 4.55 Å². The molecule has 1 aromatic rings. The van der Waals surface area contributed by atoms with E-state index >= 15 is 0 Å². The summed E-state index contributed by atoms with van der Waals surface area (Å²) in [6, 6.07) is 10.2. The van der Waals surface area contributed by atoms with Gasteiger partial charge in [0, 0.05) is 12.0 Å². The molecule has 4 nitrogen and oxygen atoms in total. The summed E-state index contributed by atoms with van der Waals surface area (Å²) in [7, 11) is -3.86. The highest BCUT2D eigenvalue weighted by molar-refractivity contribution is 8.34. The second kappa shape index (κ2) is 7.82. The van der Waals surface area contributed by atoms with Crippen LogP contribution < -0.4 is 5.32 Å². The number of hydrogen-bond acceptors (Lipinski definition) is 6. The molecule has 8 heteroatoms. The summed E-state index contributed by atoms with van der Waals surface area (Å²) in [6.45, 7) is 0. The van der Waals surface area contributed by atoms with Gasteiger partial charge in [0.25, 0.3) is 10.1 Å². The fraction of sp³-hybridized carbons (Fsp3) is 0.385. The van der Waals surface area contributed by atoms with Gasteiger partial charge in [-0.2, -0.15) is 8.42 Å². The normalized spacial score (nSPS) is 21.4. The first-order chi connectivity index (χ1) is 9.99. The lowest BCUT2D eigenvalue weighted by Crippen LogP contribution is -2.28. The van der Waals surface area contributed by atoms with E-state index in [1.54, 1.807) is 35.3 Å². The molecule has 1 aliphatic heterocycles. The van der Waals surface area contributed by atoms with Gasteiger partial charge in [0.05, 0.1) is 5.75 Å². The van der Waals surface area contributed by atoms with Crippen molar-refractivity contribution in [1.29, 1.82) is 0 Å². The molecular weight excluding hydrogens is 346 g/mol. The van der Waals surface area contributed by atoms with E-state index in [9.17, 15) is 8.42 Å². The quantitative estimate of drug-likeness (QED) is 0.417. The van der Waals surface area contributed by atoms with Gasteiger partial charge in [0.1, 0.15) is 0 Å². The van der Waals surface area contributed by atoms with Gasteiger partial charge < -0.3 is 5.32 Å². The van der Waals surface area contributed by atoms with Gasteiger partial charge in [-0.1, -0.05) is 42.1 Å². The molecule has 2 rings (SSSR count). The summed E-state index contributed by atoms with van der Waals surface area (Å²) in [5, 5.41) is 5.34. The van der Waals surface area contributed by atoms with Gasteiger partial charge in [-0.3, -0.25) is 4.55 Å². The fourth-order valence-electron chi connectivity index (χ4n) is 1.69. The molecule has 1 atom stereocenters. The topological polar surface area (TPSA) is 66.4 Å². The molecule has 0 aromatic heterocycles. The van der Waals surface area contributed by atoms with Crippen molar-refractivity contribution in [3.05, 3.63) is 47.5 Å². The minimum atomic E-state index is -3.86. The zero-order valence-corrected chi connectivity index (χ0v) is 14.5. The van der Waals surface area contributed by atoms with Crippen LogP contribution in [0, 0.1) is 0 Å². The van der Waals surface area contributed by atoms with E-state index in [1.165, 1.54) is 5.56 Å². The number of nitrogens with one attached hydrogen (secondary N) is 1. The average molecular weight is 364 g/mol. The lowest BCUT2D eigenvalue weighted by Gasteiger charge is -2.27. The van der Waals surface area contributed by atoms with Gasteiger partial charge in [-0.15, -0.1) is 23.5 Å². The highest BCUT2D eigenvalue weighted by Crippen LogP contribution is 2.49. The minimum Gasteiger partial charge on any atom is -0.359 e. The van der Waals surface area contributed by atoms with Crippen molar-refractivity contribution in [3.63, 3.8) is 0 Å². The molecule has 0 saturated heterocycles. The van der Waals surface area contributed by atoms with E-state index in [1.807, 2.05) is 29.8 Å². The van der Waals surface area contributed by atoms with Crippen LogP contribution in [0.15, 0.2) is 41.9 Å². The Kier molecular flexibility index (Phi) is 6.36. The van der Waals surface area contributed by atoms with Crippen molar-refractivity contribution in [2.75, 3.05) is 11.5 Å². The van der Waals surface area contributed by atoms with Crippen LogP contribution in [0.5, 0.6) is 0 Å². The van der Waals surface area contributed by atoms with Crippen LogP contribution in [0.2, 0.25) is 0 Å². The average Bonchev–Trinajstić information content (AvgIpc) is 2.91. The Labute approximate surface area is 138 Å². The monoisotopic (exact) mass is 363 g/mol. The Bertz CT molecular complexity index is 566. The van der Waals surface area contributed by atoms with Gasteiger partial charge in [0.2, 0.25) is 0 Å². The summed E-state index contributed by atoms with van der Waals surface area (Å²) in [5.74, 6) is 1.37. The van der Waals surface area contributed by atoms with Crippen LogP contribution in [0.3, 0.4) is 0 Å². The van der Waals surface area contributed by atoms with Crippen LogP contribution >= 0.6 is 35.3 Å². The maximum Gasteiger partial charge on any atom is 0.264 e. The molecule has 2 N–H and O–H groups in total. The first-order valence-electron chi connectivity index (χ1n) is 6.37. The minimum absolute atomic E-state index is 0.183. The zero-order valence-electron chi connectivity index (χ0n) is 11.3. The standard InChI is InChI=1S/C13H17NO3S4/c15-21(16,17)10-4-8-18-13(14-7-9-19-13)20-11-12-5-2-1-3-6-12/h1-3,5-7,9,14H,4,8,10-11H2,(H,15,16,17). The Morgan fingerprint density at radius 2 is 2.00 bits per heavy atom. The van der Waals surface area contributed by atoms with E-state index in [2.05, 4.69) is 17.4 Å². The molecule has 0 bridgehead atoms. The van der Waals surface area contributed by atoms with Crippen molar-refractivity contribution in [1.82, 2.24) is 5.32 Å². The third-order valence-electron chi connectivity index (χ3n) is 2.66. The van der Waals surface area contributed by atoms with Crippen molar-refractivity contribution in [3.8, 4) is 0 Å². The van der Waals surface area contributed by atoms with Crippen molar-refractivity contribution < 1.29 is 13.0 Å². The molecular formula is C13H17NO3S4. The summed E-state index contributed by atoms with van der Waals surface area (Å²) >= 11 is 5.14. The van der Waals surface area contributed by atoms with Gasteiger partial charge in [-0.05, 0) is 23.1 Å². The van der Waals surface area contributed by atoms with Gasteiger partial charge in [-0.25, -0.2) is 0 Å². The van der Waals surface area contributed by atoms with E-state index in [0.29, 0.717) is 12.2 Å². The SMILES string of the molecule is O=S(=O)(O)CCCSC1(SCc2ccccc2)NC=CS1. The van der Waals surface area contributed by atoms with Crippen LogP contribution in [0.25, 0.3) is 0 Å². The summed E-state index contributed by atoms with van der Waals surface area (Å²) in [6.07, 6.45) is 2.36. The first kappa shape index (κ1) is 17.1. The molecule has 0 fully saturated rings. The van der Waals surface area contributed by atoms with E-state index < -0.39 is 10.1 Å². The summed E-state index contributed by atoms with van der Waals surface area (Å²) in [5.41, 5.74) is 1.26. The largest absolute Gasteiger partial charge is 0.359 e. The number of rotatable bonds is 8. The Balaban J connectivity index is 1.82. The maximum atomic E-state index is 10.7. The van der Waals surface area contributed by atoms with E-state index in [-0.39, 0.29) is 9.29 Å². The third kappa shape index (κ3) is 6.15. The summed E-state index contributed by atoms with van der Waals surface area (Å²) < 4.78 is 30.0. The van der Waals surface area contributed by atoms with E-state index in [0.717, 1.165) is 5.75 Å². The first-order valence-corrected chi connectivity index (χ1v) is 10.8. The van der Waals surface area contributed by atoms with Gasteiger partial charge in [0.15, 0.2) is 3.54 Å². The highest BCUT2D eigenvalue weighted by Gasteiger charge is 2.32. The molecule has 0 spiro atoms.